The molecule has 3 nitrogen and oxygen atoms in total. The van der Waals surface area contributed by atoms with E-state index in [0.29, 0.717) is 13.0 Å². The first kappa shape index (κ1) is 17.4. The second-order valence-electron chi connectivity index (χ2n) is 6.32. The molecule has 0 saturated heterocycles. The first-order valence-corrected chi connectivity index (χ1v) is 9.23. The number of hydrogen-bond donors (Lipinski definition) is 1. The van der Waals surface area contributed by atoms with Crippen LogP contribution in [0.2, 0.25) is 0 Å². The number of hydrogen-bond acceptors (Lipinski definition) is 3. The van der Waals surface area contributed by atoms with Gasteiger partial charge in [-0.15, -0.1) is 11.3 Å². The van der Waals surface area contributed by atoms with Gasteiger partial charge in [0.05, 0.1) is 17.1 Å². The highest BCUT2D eigenvalue weighted by atomic mass is 32.1. The summed E-state index contributed by atoms with van der Waals surface area (Å²) in [6.45, 7) is 6.70. The van der Waals surface area contributed by atoms with Gasteiger partial charge in [0, 0.05) is 17.5 Å². The topological polar surface area (TPSA) is 42.0 Å². The molecule has 0 aliphatic carbocycles. The Kier molecular flexibility index (Phi) is 5.29. The molecule has 2 aromatic carbocycles. The first-order valence-electron chi connectivity index (χ1n) is 8.35. The zero-order valence-electron chi connectivity index (χ0n) is 14.8. The molecular formula is C21H22N2OS. The zero-order chi connectivity index (χ0) is 17.8. The molecule has 0 spiro atoms. The van der Waals surface area contributed by atoms with Gasteiger partial charge in [-0.2, -0.15) is 0 Å². The number of nitrogens with one attached hydrogen (secondary N) is 1. The lowest BCUT2D eigenvalue weighted by Gasteiger charge is -2.08. The molecule has 1 amide bonds. The smallest absolute Gasteiger partial charge is 0.224 e. The van der Waals surface area contributed by atoms with Gasteiger partial charge in [0.15, 0.2) is 0 Å². The predicted molar refractivity (Wildman–Crippen MR) is 104 cm³/mol. The summed E-state index contributed by atoms with van der Waals surface area (Å²) in [6.07, 6.45) is 0.414. The number of carbonyl (C=O) groups excluding carboxylic acids is 1. The average Bonchev–Trinajstić information content (AvgIpc) is 3.03. The Morgan fingerprint density at radius 1 is 1.00 bits per heavy atom. The zero-order valence-corrected chi connectivity index (χ0v) is 15.6. The van der Waals surface area contributed by atoms with Crippen LogP contribution < -0.4 is 5.32 Å². The average molecular weight is 350 g/mol. The lowest BCUT2D eigenvalue weighted by Crippen LogP contribution is -2.24. The van der Waals surface area contributed by atoms with Crippen molar-refractivity contribution in [2.45, 2.75) is 33.7 Å². The normalized spacial score (nSPS) is 10.7. The summed E-state index contributed by atoms with van der Waals surface area (Å²) >= 11 is 1.65. The Hall–Kier alpha value is -2.46. The summed E-state index contributed by atoms with van der Waals surface area (Å²) in [7, 11) is 0. The van der Waals surface area contributed by atoms with Crippen molar-refractivity contribution in [2.75, 3.05) is 0 Å². The number of nitrogens with zero attached hydrogens (tertiary/aromatic N) is 1. The van der Waals surface area contributed by atoms with Crippen LogP contribution in [0.4, 0.5) is 0 Å². The van der Waals surface area contributed by atoms with Gasteiger partial charge in [-0.05, 0) is 43.0 Å². The molecular weight excluding hydrogens is 328 g/mol. The maximum Gasteiger partial charge on any atom is 0.224 e. The fraction of sp³-hybridized carbons (Fsp3) is 0.238. The number of amides is 1. The maximum atomic E-state index is 12.2. The van der Waals surface area contributed by atoms with Crippen molar-refractivity contribution in [3.63, 3.8) is 0 Å². The molecule has 0 aliphatic heterocycles. The van der Waals surface area contributed by atoms with Crippen molar-refractivity contribution in [1.29, 1.82) is 0 Å². The van der Waals surface area contributed by atoms with Crippen LogP contribution in [0.15, 0.2) is 47.8 Å². The van der Waals surface area contributed by atoms with Crippen LogP contribution in [0.1, 0.15) is 27.3 Å². The molecule has 0 bridgehead atoms. The highest BCUT2D eigenvalue weighted by Crippen LogP contribution is 2.21. The van der Waals surface area contributed by atoms with Gasteiger partial charge in [0.25, 0.3) is 0 Å². The minimum Gasteiger partial charge on any atom is -0.352 e. The van der Waals surface area contributed by atoms with Crippen molar-refractivity contribution >= 4 is 17.2 Å². The second kappa shape index (κ2) is 7.62. The highest BCUT2D eigenvalue weighted by molar-refractivity contribution is 7.09. The highest BCUT2D eigenvalue weighted by Gasteiger charge is 2.06. The number of aryl methyl sites for hydroxylation is 3. The van der Waals surface area contributed by atoms with Crippen LogP contribution in [-0.2, 0) is 17.8 Å². The molecule has 0 saturated carbocycles. The summed E-state index contributed by atoms with van der Waals surface area (Å²) in [5, 5.41) is 6.12. The third-order valence-electron chi connectivity index (χ3n) is 4.29. The lowest BCUT2D eigenvalue weighted by molar-refractivity contribution is -0.120. The van der Waals surface area contributed by atoms with E-state index in [2.05, 4.69) is 53.8 Å². The van der Waals surface area contributed by atoms with Crippen molar-refractivity contribution in [2.24, 2.45) is 0 Å². The first-order chi connectivity index (χ1) is 12.0. The molecule has 0 atom stereocenters. The Morgan fingerprint density at radius 3 is 2.36 bits per heavy atom. The van der Waals surface area contributed by atoms with E-state index in [4.69, 9.17) is 0 Å². The molecule has 1 heterocycles. The van der Waals surface area contributed by atoms with E-state index < -0.39 is 0 Å². The molecule has 0 fully saturated rings. The molecule has 25 heavy (non-hydrogen) atoms. The van der Waals surface area contributed by atoms with Crippen molar-refractivity contribution < 1.29 is 4.79 Å². The quantitative estimate of drug-likeness (QED) is 0.731. The van der Waals surface area contributed by atoms with Crippen molar-refractivity contribution in [3.8, 4) is 11.3 Å². The summed E-state index contributed by atoms with van der Waals surface area (Å²) < 4.78 is 0. The van der Waals surface area contributed by atoms with E-state index in [1.807, 2.05) is 25.1 Å². The maximum absolute atomic E-state index is 12.2. The van der Waals surface area contributed by atoms with E-state index in [1.165, 1.54) is 11.1 Å². The molecule has 3 aromatic rings. The van der Waals surface area contributed by atoms with Gasteiger partial charge in [-0.1, -0.05) is 42.5 Å². The van der Waals surface area contributed by atoms with E-state index in [0.717, 1.165) is 27.4 Å². The minimum absolute atomic E-state index is 0.0439. The van der Waals surface area contributed by atoms with E-state index >= 15 is 0 Å². The van der Waals surface area contributed by atoms with Crippen LogP contribution in [0.25, 0.3) is 11.3 Å². The monoisotopic (exact) mass is 350 g/mol. The van der Waals surface area contributed by atoms with Gasteiger partial charge in [0.1, 0.15) is 0 Å². The predicted octanol–water partition coefficient (Wildman–Crippen LogP) is 4.59. The number of carbonyl (C=O) groups is 1. The molecule has 1 aromatic heterocycles. The van der Waals surface area contributed by atoms with E-state index in [-0.39, 0.29) is 5.91 Å². The molecule has 0 radical (unpaired) electrons. The van der Waals surface area contributed by atoms with Gasteiger partial charge in [-0.25, -0.2) is 4.98 Å². The van der Waals surface area contributed by atoms with Gasteiger partial charge in [-0.3, -0.25) is 4.79 Å². The third-order valence-corrected chi connectivity index (χ3v) is 5.07. The van der Waals surface area contributed by atoms with Crippen LogP contribution in [0, 0.1) is 20.8 Å². The minimum atomic E-state index is 0.0439. The number of aromatic nitrogens is 1. The Balaban J connectivity index is 1.55. The molecule has 0 aliphatic rings. The van der Waals surface area contributed by atoms with Crippen molar-refractivity contribution in [3.05, 3.63) is 75.1 Å². The standard InChI is InChI=1S/C21H22N2OS/c1-14-4-5-18(10-15(14)2)11-21(24)22-12-17-6-8-19(9-7-17)20-13-25-16(3)23-20/h4-10,13H,11-12H2,1-3H3,(H,22,24). The van der Waals surface area contributed by atoms with Gasteiger partial charge < -0.3 is 5.32 Å². The number of rotatable bonds is 5. The van der Waals surface area contributed by atoms with Crippen LogP contribution in [-0.4, -0.2) is 10.9 Å². The van der Waals surface area contributed by atoms with Crippen LogP contribution >= 0.6 is 11.3 Å². The summed E-state index contributed by atoms with van der Waals surface area (Å²) in [5.41, 5.74) is 6.72. The number of benzene rings is 2. The molecule has 4 heteroatoms. The van der Waals surface area contributed by atoms with Crippen LogP contribution in [0.3, 0.4) is 0 Å². The van der Waals surface area contributed by atoms with E-state index in [1.54, 1.807) is 11.3 Å². The molecule has 0 unspecified atom stereocenters. The molecule has 128 valence electrons. The molecule has 1 N–H and O–H groups in total. The van der Waals surface area contributed by atoms with E-state index in [9.17, 15) is 4.79 Å². The lowest BCUT2D eigenvalue weighted by atomic mass is 10.0. The summed E-state index contributed by atoms with van der Waals surface area (Å²) in [4.78, 5) is 16.6. The largest absolute Gasteiger partial charge is 0.352 e. The number of thiazole rings is 1. The Morgan fingerprint density at radius 2 is 1.72 bits per heavy atom. The Bertz CT molecular complexity index is 881. The van der Waals surface area contributed by atoms with Crippen molar-refractivity contribution in [1.82, 2.24) is 10.3 Å². The van der Waals surface area contributed by atoms with Gasteiger partial charge >= 0.3 is 0 Å². The fourth-order valence-electron chi connectivity index (χ4n) is 2.65. The second-order valence-corrected chi connectivity index (χ2v) is 7.38. The summed E-state index contributed by atoms with van der Waals surface area (Å²) in [5.74, 6) is 0.0439. The fourth-order valence-corrected chi connectivity index (χ4v) is 3.27. The SMILES string of the molecule is Cc1nc(-c2ccc(CNC(=O)Cc3ccc(C)c(C)c3)cc2)cs1. The van der Waals surface area contributed by atoms with Crippen LogP contribution in [0.5, 0.6) is 0 Å². The van der Waals surface area contributed by atoms with Gasteiger partial charge in [0.2, 0.25) is 5.91 Å². The Labute approximate surface area is 152 Å². The third kappa shape index (κ3) is 4.54. The summed E-state index contributed by atoms with van der Waals surface area (Å²) in [6, 6.07) is 14.4. The molecule has 3 rings (SSSR count).